The predicted molar refractivity (Wildman–Crippen MR) is 140 cm³/mol. The zero-order chi connectivity index (χ0) is 27.9. The molecule has 0 saturated heterocycles. The Bertz CT molecular complexity index is 1000. The number of carbonyl (C=O) groups excluding carboxylic acids is 5. The summed E-state index contributed by atoms with van der Waals surface area (Å²) in [4.78, 5) is 59.9. The van der Waals surface area contributed by atoms with Gasteiger partial charge in [-0.1, -0.05) is 20.3 Å². The highest BCUT2D eigenvalue weighted by Crippen LogP contribution is 2.66. The van der Waals surface area contributed by atoms with Gasteiger partial charge in [0.15, 0.2) is 11.6 Å². The molecule has 5 rings (SSSR count). The van der Waals surface area contributed by atoms with Crippen molar-refractivity contribution in [2.75, 3.05) is 0 Å². The molecule has 5 fully saturated rings. The van der Waals surface area contributed by atoms with Crippen molar-refractivity contribution in [1.82, 2.24) is 0 Å². The summed E-state index contributed by atoms with van der Waals surface area (Å²) in [5, 5.41) is 0. The Morgan fingerprint density at radius 1 is 0.795 bits per heavy atom. The van der Waals surface area contributed by atoms with Crippen molar-refractivity contribution >= 4 is 29.5 Å². The van der Waals surface area contributed by atoms with Gasteiger partial charge in [-0.15, -0.1) is 0 Å². The normalized spacial score (nSPS) is 39.9. The smallest absolute Gasteiger partial charge is 0.306 e. The molecule has 5 saturated carbocycles. The van der Waals surface area contributed by atoms with Crippen molar-refractivity contribution < 1.29 is 38.2 Å². The lowest BCUT2D eigenvalue weighted by molar-refractivity contribution is -0.189. The Balaban J connectivity index is 1.12. The van der Waals surface area contributed by atoms with E-state index < -0.39 is 12.1 Å². The van der Waals surface area contributed by atoms with Crippen LogP contribution in [0.5, 0.6) is 0 Å². The van der Waals surface area contributed by atoms with Crippen molar-refractivity contribution in [2.45, 2.75) is 129 Å². The maximum atomic E-state index is 12.6. The van der Waals surface area contributed by atoms with E-state index >= 15 is 0 Å². The van der Waals surface area contributed by atoms with Gasteiger partial charge in [-0.05, 0) is 86.9 Å². The van der Waals surface area contributed by atoms with Crippen molar-refractivity contribution in [3.05, 3.63) is 0 Å². The SMILES string of the molecule is CC(=O)OC1C[C@H]2C(CCC3CC(OC(=O)CCCC(=O)OC4C(=O)CCC4=O)CC[C@@]32C)C2CCC[C@@]12C. The van der Waals surface area contributed by atoms with Crippen molar-refractivity contribution in [1.29, 1.82) is 0 Å². The molecule has 5 aliphatic carbocycles. The van der Waals surface area contributed by atoms with Crippen molar-refractivity contribution in [3.8, 4) is 0 Å². The molecule has 0 heterocycles. The fourth-order valence-electron chi connectivity index (χ4n) is 9.27. The maximum absolute atomic E-state index is 12.6. The minimum absolute atomic E-state index is 0.00789. The highest BCUT2D eigenvalue weighted by atomic mass is 16.6. The van der Waals surface area contributed by atoms with Crippen LogP contribution in [0.1, 0.15) is 111 Å². The zero-order valence-corrected chi connectivity index (χ0v) is 23.7. The van der Waals surface area contributed by atoms with Crippen LogP contribution in [0, 0.1) is 34.5 Å². The van der Waals surface area contributed by atoms with Gasteiger partial charge in [-0.2, -0.15) is 0 Å². The number of rotatable bonds is 7. The predicted octanol–water partition coefficient (Wildman–Crippen LogP) is 4.89. The molecule has 0 amide bonds. The Hall–Kier alpha value is -2.25. The van der Waals surface area contributed by atoms with E-state index in [2.05, 4.69) is 13.8 Å². The molecule has 0 spiro atoms. The molecule has 8 heteroatoms. The fraction of sp³-hybridized carbons (Fsp3) is 0.839. The third kappa shape index (κ3) is 5.41. The first-order chi connectivity index (χ1) is 18.5. The molecule has 0 aliphatic heterocycles. The minimum atomic E-state index is -1.26. The second-order valence-corrected chi connectivity index (χ2v) is 13.4. The van der Waals surface area contributed by atoms with Gasteiger partial charge < -0.3 is 14.2 Å². The number of carbonyl (C=O) groups is 5. The van der Waals surface area contributed by atoms with E-state index in [0.29, 0.717) is 23.7 Å². The molecule has 0 aromatic carbocycles. The van der Waals surface area contributed by atoms with E-state index in [9.17, 15) is 24.0 Å². The van der Waals surface area contributed by atoms with E-state index in [1.54, 1.807) is 0 Å². The molecule has 0 radical (unpaired) electrons. The standard InChI is InChI=1S/C31H44O8/c1-18(32)37-26-17-23-21(22-6-5-14-31(22,26)3)10-9-19-16-20(13-15-30(19,23)2)38-27(35)7-4-8-28(36)39-29-24(33)11-12-25(29)34/h19-23,26,29H,4-17H2,1-3H3/t19?,20?,21?,22?,23-,26?,30-,31+/m0/s1. The number of hydrogen-bond acceptors (Lipinski definition) is 8. The molecule has 0 N–H and O–H groups in total. The van der Waals surface area contributed by atoms with Crippen LogP contribution >= 0.6 is 0 Å². The van der Waals surface area contributed by atoms with Gasteiger partial charge in [0, 0.05) is 38.0 Å². The highest BCUT2D eigenvalue weighted by Gasteiger charge is 2.62. The highest BCUT2D eigenvalue weighted by molar-refractivity contribution is 6.12. The summed E-state index contributed by atoms with van der Waals surface area (Å²) in [5.74, 6) is 0.490. The van der Waals surface area contributed by atoms with Crippen molar-refractivity contribution in [3.63, 3.8) is 0 Å². The fourth-order valence-corrected chi connectivity index (χ4v) is 9.27. The molecule has 8 nitrogen and oxygen atoms in total. The summed E-state index contributed by atoms with van der Waals surface area (Å²) in [6.45, 7) is 6.32. The van der Waals surface area contributed by atoms with Crippen LogP contribution in [-0.2, 0) is 38.2 Å². The lowest BCUT2D eigenvalue weighted by Gasteiger charge is -2.61. The van der Waals surface area contributed by atoms with Crippen molar-refractivity contribution in [2.24, 2.45) is 34.5 Å². The molecule has 5 unspecified atom stereocenters. The largest absolute Gasteiger partial charge is 0.462 e. The second-order valence-electron chi connectivity index (χ2n) is 13.4. The first kappa shape index (κ1) is 28.3. The summed E-state index contributed by atoms with van der Waals surface area (Å²) >= 11 is 0. The van der Waals surface area contributed by atoms with E-state index in [-0.39, 0.29) is 78.6 Å². The maximum Gasteiger partial charge on any atom is 0.306 e. The van der Waals surface area contributed by atoms with Gasteiger partial charge in [0.25, 0.3) is 0 Å². The molecule has 216 valence electrons. The Labute approximate surface area is 231 Å². The molecule has 0 aromatic heterocycles. The van der Waals surface area contributed by atoms with Crippen LogP contribution < -0.4 is 0 Å². The van der Waals surface area contributed by atoms with Crippen LogP contribution in [-0.4, -0.2) is 47.8 Å². The van der Waals surface area contributed by atoms with Gasteiger partial charge in [0.1, 0.15) is 12.2 Å². The van der Waals surface area contributed by atoms with Gasteiger partial charge in [0.2, 0.25) is 6.10 Å². The van der Waals surface area contributed by atoms with Crippen LogP contribution in [0.15, 0.2) is 0 Å². The van der Waals surface area contributed by atoms with Gasteiger partial charge in [-0.3, -0.25) is 24.0 Å². The minimum Gasteiger partial charge on any atom is -0.462 e. The average molecular weight is 545 g/mol. The van der Waals surface area contributed by atoms with E-state index in [4.69, 9.17) is 14.2 Å². The Morgan fingerprint density at radius 3 is 2.18 bits per heavy atom. The molecule has 0 aromatic rings. The Kier molecular flexibility index (Phi) is 7.95. The third-order valence-electron chi connectivity index (χ3n) is 11.3. The summed E-state index contributed by atoms with van der Waals surface area (Å²) < 4.78 is 16.9. The first-order valence-electron chi connectivity index (χ1n) is 15.1. The van der Waals surface area contributed by atoms with Gasteiger partial charge in [0.05, 0.1) is 0 Å². The number of ketones is 2. The summed E-state index contributed by atoms with van der Waals surface area (Å²) in [7, 11) is 0. The number of ether oxygens (including phenoxy) is 3. The molecule has 39 heavy (non-hydrogen) atoms. The third-order valence-corrected chi connectivity index (χ3v) is 11.3. The summed E-state index contributed by atoms with van der Waals surface area (Å²) in [5.41, 5.74) is 0.254. The summed E-state index contributed by atoms with van der Waals surface area (Å²) in [6, 6.07) is 0. The van der Waals surface area contributed by atoms with E-state index in [1.165, 1.54) is 26.2 Å². The van der Waals surface area contributed by atoms with E-state index in [0.717, 1.165) is 38.5 Å². The Morgan fingerprint density at radius 2 is 1.49 bits per heavy atom. The summed E-state index contributed by atoms with van der Waals surface area (Å²) in [6.07, 6.45) is 8.81. The molecular formula is C31H44O8. The lowest BCUT2D eigenvalue weighted by Crippen LogP contribution is -2.58. The quantitative estimate of drug-likeness (QED) is 0.253. The zero-order valence-electron chi connectivity index (χ0n) is 23.7. The van der Waals surface area contributed by atoms with Crippen LogP contribution in [0.3, 0.4) is 0 Å². The average Bonchev–Trinajstić information content (AvgIpc) is 3.42. The topological polar surface area (TPSA) is 113 Å². The number of hydrogen-bond donors (Lipinski definition) is 0. The molecule has 8 atom stereocenters. The number of fused-ring (bicyclic) bond motifs is 5. The van der Waals surface area contributed by atoms with Gasteiger partial charge in [-0.25, -0.2) is 0 Å². The van der Waals surface area contributed by atoms with E-state index in [1.807, 2.05) is 0 Å². The molecule has 0 bridgehead atoms. The molecule has 5 aliphatic rings. The number of Topliss-reactive ketones (excluding diaryl/α,β-unsaturated/α-hetero) is 2. The first-order valence-corrected chi connectivity index (χ1v) is 15.1. The van der Waals surface area contributed by atoms with Crippen LogP contribution in [0.2, 0.25) is 0 Å². The monoisotopic (exact) mass is 544 g/mol. The van der Waals surface area contributed by atoms with Crippen LogP contribution in [0.4, 0.5) is 0 Å². The number of esters is 3. The lowest BCUT2D eigenvalue weighted by atomic mass is 9.44. The second kappa shape index (κ2) is 11.0. The molecular weight excluding hydrogens is 500 g/mol. The van der Waals surface area contributed by atoms with Crippen LogP contribution in [0.25, 0.3) is 0 Å². The van der Waals surface area contributed by atoms with Gasteiger partial charge >= 0.3 is 17.9 Å².